The minimum atomic E-state index is 0. The third-order valence-corrected chi connectivity index (χ3v) is 5.37. The SMILES string of the molecule is CN=C(NCc1ccnc2ccccc12)NCC1(N(C)C)CCOCC1.I. The van der Waals surface area contributed by atoms with Crippen molar-refractivity contribution < 1.29 is 4.74 Å². The van der Waals surface area contributed by atoms with E-state index in [1.807, 2.05) is 31.4 Å². The van der Waals surface area contributed by atoms with Gasteiger partial charge in [0.1, 0.15) is 0 Å². The van der Waals surface area contributed by atoms with Crippen molar-refractivity contribution in [3.63, 3.8) is 0 Å². The van der Waals surface area contributed by atoms with Crippen molar-refractivity contribution in [2.75, 3.05) is 40.9 Å². The number of nitrogens with zero attached hydrogens (tertiary/aromatic N) is 3. The van der Waals surface area contributed by atoms with Crippen LogP contribution in [-0.2, 0) is 11.3 Å². The standard InChI is InChI=1S/C20H29N5O.HI/c1-21-19(24-15-20(25(2)3)9-12-26-13-10-20)23-14-16-8-11-22-18-7-5-4-6-17(16)18;/h4-8,11H,9-10,12-15H2,1-3H3,(H2,21,23,24);1H. The number of ether oxygens (including phenoxy) is 1. The zero-order valence-electron chi connectivity index (χ0n) is 16.4. The molecule has 0 atom stereocenters. The Hall–Kier alpha value is -1.45. The number of guanidine groups is 1. The smallest absolute Gasteiger partial charge is 0.191 e. The molecular formula is C20H30IN5O. The molecule has 2 aromatic rings. The zero-order valence-corrected chi connectivity index (χ0v) is 18.7. The second-order valence-corrected chi connectivity index (χ2v) is 7.00. The highest BCUT2D eigenvalue weighted by Gasteiger charge is 2.34. The summed E-state index contributed by atoms with van der Waals surface area (Å²) < 4.78 is 5.55. The van der Waals surface area contributed by atoms with Gasteiger partial charge in [0.15, 0.2) is 5.96 Å². The van der Waals surface area contributed by atoms with Gasteiger partial charge >= 0.3 is 0 Å². The first-order valence-corrected chi connectivity index (χ1v) is 9.17. The maximum atomic E-state index is 5.55. The maximum absolute atomic E-state index is 5.55. The van der Waals surface area contributed by atoms with Crippen molar-refractivity contribution in [3.8, 4) is 0 Å². The van der Waals surface area contributed by atoms with E-state index in [2.05, 4.69) is 51.7 Å². The van der Waals surface area contributed by atoms with Crippen LogP contribution in [-0.4, -0.2) is 62.3 Å². The monoisotopic (exact) mass is 483 g/mol. The van der Waals surface area contributed by atoms with E-state index in [1.165, 1.54) is 10.9 Å². The molecular weight excluding hydrogens is 453 g/mol. The summed E-state index contributed by atoms with van der Waals surface area (Å²) in [6.45, 7) is 3.19. The Bertz CT molecular complexity index is 754. The van der Waals surface area contributed by atoms with E-state index in [-0.39, 0.29) is 29.5 Å². The van der Waals surface area contributed by atoms with Gasteiger partial charge in [-0.25, -0.2) is 0 Å². The second kappa shape index (κ2) is 10.2. The normalized spacial score (nSPS) is 16.8. The van der Waals surface area contributed by atoms with Crippen LogP contribution >= 0.6 is 24.0 Å². The van der Waals surface area contributed by atoms with Gasteiger partial charge in [0, 0.05) is 50.5 Å². The Morgan fingerprint density at radius 1 is 1.19 bits per heavy atom. The number of halogens is 1. The number of hydrogen-bond acceptors (Lipinski definition) is 4. The quantitative estimate of drug-likeness (QED) is 0.389. The first kappa shape index (κ1) is 21.8. The molecule has 1 saturated heterocycles. The number of para-hydroxylation sites is 1. The molecule has 3 rings (SSSR count). The van der Waals surface area contributed by atoms with E-state index in [0.717, 1.165) is 44.1 Å². The van der Waals surface area contributed by atoms with Crippen LogP contribution in [0.15, 0.2) is 41.5 Å². The molecule has 0 radical (unpaired) electrons. The van der Waals surface area contributed by atoms with Crippen LogP contribution in [0.1, 0.15) is 18.4 Å². The number of nitrogens with one attached hydrogen (secondary N) is 2. The van der Waals surface area contributed by atoms with Gasteiger partial charge in [0.25, 0.3) is 0 Å². The molecule has 0 bridgehead atoms. The molecule has 0 unspecified atom stereocenters. The number of likely N-dealkylation sites (N-methyl/N-ethyl adjacent to an activating group) is 1. The number of benzene rings is 1. The van der Waals surface area contributed by atoms with Gasteiger partial charge in [-0.15, -0.1) is 24.0 Å². The lowest BCUT2D eigenvalue weighted by Crippen LogP contribution is -2.57. The third kappa shape index (κ3) is 5.30. The molecule has 1 aromatic carbocycles. The lowest BCUT2D eigenvalue weighted by Gasteiger charge is -2.43. The van der Waals surface area contributed by atoms with Crippen molar-refractivity contribution in [2.24, 2.45) is 4.99 Å². The fraction of sp³-hybridized carbons (Fsp3) is 0.500. The Balaban J connectivity index is 0.00000261. The molecule has 1 aromatic heterocycles. The molecule has 1 fully saturated rings. The summed E-state index contributed by atoms with van der Waals surface area (Å²) in [4.78, 5) is 11.1. The van der Waals surface area contributed by atoms with Gasteiger partial charge in [-0.1, -0.05) is 18.2 Å². The van der Waals surface area contributed by atoms with Crippen LogP contribution in [0.3, 0.4) is 0 Å². The molecule has 7 heteroatoms. The lowest BCUT2D eigenvalue weighted by molar-refractivity contribution is -0.00501. The molecule has 1 aliphatic heterocycles. The van der Waals surface area contributed by atoms with Crippen molar-refractivity contribution in [3.05, 3.63) is 42.1 Å². The number of hydrogen-bond donors (Lipinski definition) is 2. The highest BCUT2D eigenvalue weighted by Crippen LogP contribution is 2.25. The molecule has 0 spiro atoms. The molecule has 6 nitrogen and oxygen atoms in total. The fourth-order valence-corrected chi connectivity index (χ4v) is 3.49. The summed E-state index contributed by atoms with van der Waals surface area (Å²) >= 11 is 0. The van der Waals surface area contributed by atoms with E-state index in [4.69, 9.17) is 4.74 Å². The Labute approximate surface area is 178 Å². The largest absolute Gasteiger partial charge is 0.381 e. The van der Waals surface area contributed by atoms with Crippen LogP contribution in [0, 0.1) is 0 Å². The molecule has 0 aliphatic carbocycles. The minimum Gasteiger partial charge on any atom is -0.381 e. The first-order chi connectivity index (χ1) is 12.6. The summed E-state index contributed by atoms with van der Waals surface area (Å²) in [7, 11) is 6.10. The third-order valence-electron chi connectivity index (χ3n) is 5.37. The van der Waals surface area contributed by atoms with Crippen molar-refractivity contribution >= 4 is 40.8 Å². The van der Waals surface area contributed by atoms with Crippen molar-refractivity contribution in [1.29, 1.82) is 0 Å². The highest BCUT2D eigenvalue weighted by molar-refractivity contribution is 14.0. The van der Waals surface area contributed by atoms with E-state index in [9.17, 15) is 0 Å². The van der Waals surface area contributed by atoms with Crippen LogP contribution in [0.25, 0.3) is 10.9 Å². The Kier molecular flexibility index (Phi) is 8.25. The van der Waals surface area contributed by atoms with E-state index in [0.29, 0.717) is 6.54 Å². The fourth-order valence-electron chi connectivity index (χ4n) is 3.49. The summed E-state index contributed by atoms with van der Waals surface area (Å²) in [5, 5.41) is 8.11. The average molecular weight is 483 g/mol. The first-order valence-electron chi connectivity index (χ1n) is 9.17. The number of pyridine rings is 1. The number of rotatable bonds is 5. The molecule has 0 amide bonds. The Morgan fingerprint density at radius 3 is 2.63 bits per heavy atom. The second-order valence-electron chi connectivity index (χ2n) is 7.00. The summed E-state index contributed by atoms with van der Waals surface area (Å²) in [5.41, 5.74) is 2.34. The predicted molar refractivity (Wildman–Crippen MR) is 122 cm³/mol. The number of fused-ring (bicyclic) bond motifs is 1. The molecule has 148 valence electrons. The van der Waals surface area contributed by atoms with Gasteiger partial charge in [-0.3, -0.25) is 9.98 Å². The lowest BCUT2D eigenvalue weighted by atomic mass is 9.88. The van der Waals surface area contributed by atoms with Gasteiger partial charge in [0.05, 0.1) is 5.52 Å². The molecule has 2 N–H and O–H groups in total. The molecule has 0 saturated carbocycles. The van der Waals surface area contributed by atoms with Crippen molar-refractivity contribution in [1.82, 2.24) is 20.5 Å². The van der Waals surface area contributed by atoms with Gasteiger partial charge < -0.3 is 20.3 Å². The van der Waals surface area contributed by atoms with Crippen LogP contribution in [0.5, 0.6) is 0 Å². The highest BCUT2D eigenvalue weighted by atomic mass is 127. The van der Waals surface area contributed by atoms with E-state index in [1.54, 1.807) is 0 Å². The van der Waals surface area contributed by atoms with Crippen LogP contribution in [0.2, 0.25) is 0 Å². The average Bonchev–Trinajstić information content (AvgIpc) is 2.68. The maximum Gasteiger partial charge on any atom is 0.191 e. The van der Waals surface area contributed by atoms with Gasteiger partial charge in [-0.05, 0) is 44.6 Å². The topological polar surface area (TPSA) is 61.8 Å². The van der Waals surface area contributed by atoms with Gasteiger partial charge in [0.2, 0.25) is 0 Å². The van der Waals surface area contributed by atoms with E-state index >= 15 is 0 Å². The van der Waals surface area contributed by atoms with Crippen LogP contribution in [0.4, 0.5) is 0 Å². The molecule has 2 heterocycles. The van der Waals surface area contributed by atoms with Crippen molar-refractivity contribution in [2.45, 2.75) is 24.9 Å². The minimum absolute atomic E-state index is 0. The number of aliphatic imine (C=N–C) groups is 1. The molecule has 1 aliphatic rings. The summed E-state index contributed by atoms with van der Waals surface area (Å²) in [6, 6.07) is 10.3. The Morgan fingerprint density at radius 2 is 1.93 bits per heavy atom. The van der Waals surface area contributed by atoms with Crippen LogP contribution < -0.4 is 10.6 Å². The summed E-state index contributed by atoms with van der Waals surface area (Å²) in [6.07, 6.45) is 3.91. The van der Waals surface area contributed by atoms with Gasteiger partial charge in [-0.2, -0.15) is 0 Å². The van der Waals surface area contributed by atoms with E-state index < -0.39 is 0 Å². The number of aromatic nitrogens is 1. The summed E-state index contributed by atoms with van der Waals surface area (Å²) in [5.74, 6) is 0.818. The predicted octanol–water partition coefficient (Wildman–Crippen LogP) is 2.63. The zero-order chi connectivity index (χ0) is 18.4. The molecule has 27 heavy (non-hydrogen) atoms.